The average molecular weight is 463 g/mol. The van der Waals surface area contributed by atoms with Gasteiger partial charge in [-0.15, -0.1) is 11.3 Å². The smallest absolute Gasteiger partial charge is 0.297 e. The molecule has 2 aromatic carbocycles. The third kappa shape index (κ3) is 3.43. The van der Waals surface area contributed by atoms with Crippen molar-refractivity contribution >= 4 is 33.3 Å². The van der Waals surface area contributed by atoms with E-state index in [1.54, 1.807) is 30.3 Å². The average Bonchev–Trinajstić information content (AvgIpc) is 3.29. The van der Waals surface area contributed by atoms with E-state index in [-0.39, 0.29) is 22.3 Å². The largest absolute Gasteiger partial charge is 0.490 e. The maximum absolute atomic E-state index is 13.9. The van der Waals surface area contributed by atoms with Crippen molar-refractivity contribution in [2.45, 2.75) is 19.9 Å². The van der Waals surface area contributed by atoms with Crippen LogP contribution in [0.25, 0.3) is 11.0 Å². The van der Waals surface area contributed by atoms with Crippen LogP contribution in [0.1, 0.15) is 38.3 Å². The fourth-order valence-electron chi connectivity index (χ4n) is 3.92. The first-order valence-corrected chi connectivity index (χ1v) is 11.1. The first-order chi connectivity index (χ1) is 15.9. The van der Waals surface area contributed by atoms with Gasteiger partial charge in [0.25, 0.3) is 5.91 Å². The number of hydrogen-bond acceptors (Lipinski definition) is 6. The molecule has 0 aliphatic carbocycles. The predicted molar refractivity (Wildman–Crippen MR) is 125 cm³/mol. The van der Waals surface area contributed by atoms with E-state index in [2.05, 4.69) is 11.6 Å². The highest BCUT2D eigenvalue weighted by Crippen LogP contribution is 2.43. The summed E-state index contributed by atoms with van der Waals surface area (Å²) in [6, 6.07) is 10.0. The standard InChI is InChI=1S/C25H19FN2O4S/c1-4-11-31-17-8-5-15(6-9-17)21-20-22(29)18-12-16(26)7-10-19(18)32-23(20)24(30)28(21)25-27-13(2)14(3)33-25/h4-10,12,21H,1,11H2,2-3H3. The molecule has 1 aliphatic heterocycles. The fourth-order valence-corrected chi connectivity index (χ4v) is 4.85. The molecular formula is C25H19FN2O4S. The Morgan fingerprint density at radius 1 is 1.21 bits per heavy atom. The number of anilines is 1. The quantitative estimate of drug-likeness (QED) is 0.376. The monoisotopic (exact) mass is 462 g/mol. The summed E-state index contributed by atoms with van der Waals surface area (Å²) in [5, 5.41) is 0.554. The fraction of sp³-hybridized carbons (Fsp3) is 0.160. The lowest BCUT2D eigenvalue weighted by molar-refractivity contribution is 0.0971. The van der Waals surface area contributed by atoms with Gasteiger partial charge in [-0.25, -0.2) is 9.37 Å². The topological polar surface area (TPSA) is 72.6 Å². The number of rotatable bonds is 5. The van der Waals surface area contributed by atoms with Gasteiger partial charge in [0.15, 0.2) is 10.6 Å². The van der Waals surface area contributed by atoms with Crippen LogP contribution in [0, 0.1) is 19.7 Å². The molecule has 0 radical (unpaired) electrons. The minimum absolute atomic E-state index is 0.0541. The highest BCUT2D eigenvalue weighted by Gasteiger charge is 2.45. The van der Waals surface area contributed by atoms with Gasteiger partial charge in [-0.3, -0.25) is 14.5 Å². The van der Waals surface area contributed by atoms with E-state index >= 15 is 0 Å². The molecule has 0 saturated heterocycles. The van der Waals surface area contributed by atoms with Crippen molar-refractivity contribution in [2.75, 3.05) is 11.5 Å². The van der Waals surface area contributed by atoms with Gasteiger partial charge in [0.05, 0.1) is 22.7 Å². The van der Waals surface area contributed by atoms with Crippen molar-refractivity contribution in [3.8, 4) is 5.75 Å². The van der Waals surface area contributed by atoms with Crippen molar-refractivity contribution in [1.82, 2.24) is 4.98 Å². The number of ether oxygens (including phenoxy) is 1. The molecule has 2 aromatic heterocycles. The number of halogens is 1. The Hall–Kier alpha value is -3.78. The SMILES string of the molecule is C=CCOc1ccc(C2c3c(oc4ccc(F)cc4c3=O)C(=O)N2c2nc(C)c(C)s2)cc1. The molecule has 166 valence electrons. The van der Waals surface area contributed by atoms with Crippen LogP contribution in [0.5, 0.6) is 5.75 Å². The van der Waals surface area contributed by atoms with E-state index in [4.69, 9.17) is 9.15 Å². The minimum atomic E-state index is -0.769. The second-order valence-corrected chi connectivity index (χ2v) is 8.88. The zero-order valence-electron chi connectivity index (χ0n) is 17.9. The van der Waals surface area contributed by atoms with Crippen LogP contribution in [0.15, 0.2) is 64.3 Å². The maximum atomic E-state index is 13.9. The summed E-state index contributed by atoms with van der Waals surface area (Å²) in [4.78, 5) is 34.0. The van der Waals surface area contributed by atoms with Crippen LogP contribution in [-0.4, -0.2) is 17.5 Å². The predicted octanol–water partition coefficient (Wildman–Crippen LogP) is 5.32. The van der Waals surface area contributed by atoms with Gasteiger partial charge in [-0.2, -0.15) is 0 Å². The van der Waals surface area contributed by atoms with E-state index in [0.29, 0.717) is 23.1 Å². The number of amides is 1. The van der Waals surface area contributed by atoms with Gasteiger partial charge in [-0.05, 0) is 49.7 Å². The molecule has 0 N–H and O–H groups in total. The lowest BCUT2D eigenvalue weighted by Gasteiger charge is -2.22. The zero-order valence-corrected chi connectivity index (χ0v) is 18.7. The molecule has 0 fully saturated rings. The number of hydrogen-bond donors (Lipinski definition) is 0. The lowest BCUT2D eigenvalue weighted by Crippen LogP contribution is -2.29. The molecule has 6 nitrogen and oxygen atoms in total. The van der Waals surface area contributed by atoms with E-state index in [0.717, 1.165) is 16.6 Å². The normalized spacial score (nSPS) is 15.2. The van der Waals surface area contributed by atoms with Gasteiger partial charge in [0, 0.05) is 4.88 Å². The number of aromatic nitrogens is 1. The third-order valence-corrected chi connectivity index (χ3v) is 6.69. The highest BCUT2D eigenvalue weighted by atomic mass is 32.1. The van der Waals surface area contributed by atoms with Crippen molar-refractivity contribution in [1.29, 1.82) is 0 Å². The molecule has 0 bridgehead atoms. The van der Waals surface area contributed by atoms with Crippen LogP contribution in [0.3, 0.4) is 0 Å². The molecule has 5 rings (SSSR count). The Balaban J connectivity index is 1.73. The summed E-state index contributed by atoms with van der Waals surface area (Å²) >= 11 is 1.37. The molecule has 1 aliphatic rings. The Morgan fingerprint density at radius 2 is 1.97 bits per heavy atom. The number of thiazole rings is 1. The van der Waals surface area contributed by atoms with Crippen molar-refractivity contribution in [2.24, 2.45) is 0 Å². The molecule has 3 heterocycles. The van der Waals surface area contributed by atoms with Crippen LogP contribution in [0.2, 0.25) is 0 Å². The Morgan fingerprint density at radius 3 is 2.64 bits per heavy atom. The van der Waals surface area contributed by atoms with Gasteiger partial charge < -0.3 is 9.15 Å². The van der Waals surface area contributed by atoms with E-state index in [1.807, 2.05) is 13.8 Å². The van der Waals surface area contributed by atoms with Gasteiger partial charge in [0.1, 0.15) is 23.8 Å². The number of carbonyl (C=O) groups excluding carboxylic acids is 1. The van der Waals surface area contributed by atoms with Crippen LogP contribution in [0.4, 0.5) is 9.52 Å². The Labute approximate surface area is 192 Å². The highest BCUT2D eigenvalue weighted by molar-refractivity contribution is 7.15. The van der Waals surface area contributed by atoms with Gasteiger partial charge >= 0.3 is 0 Å². The Bertz CT molecular complexity index is 1450. The van der Waals surface area contributed by atoms with Crippen LogP contribution in [-0.2, 0) is 0 Å². The number of carbonyl (C=O) groups is 1. The molecule has 8 heteroatoms. The first-order valence-electron chi connectivity index (χ1n) is 10.3. The van der Waals surface area contributed by atoms with E-state index in [1.165, 1.54) is 28.4 Å². The summed E-state index contributed by atoms with van der Waals surface area (Å²) < 4.78 is 25.3. The maximum Gasteiger partial charge on any atom is 0.297 e. The summed E-state index contributed by atoms with van der Waals surface area (Å²) in [7, 11) is 0. The van der Waals surface area contributed by atoms with Gasteiger partial charge in [-0.1, -0.05) is 24.8 Å². The minimum Gasteiger partial charge on any atom is -0.490 e. The summed E-state index contributed by atoms with van der Waals surface area (Å²) in [5.41, 5.74) is 1.37. The molecule has 33 heavy (non-hydrogen) atoms. The molecular weight excluding hydrogens is 443 g/mol. The van der Waals surface area contributed by atoms with Crippen LogP contribution < -0.4 is 15.1 Å². The summed E-state index contributed by atoms with van der Waals surface area (Å²) in [5.74, 6) is -0.439. The number of fused-ring (bicyclic) bond motifs is 2. The molecule has 1 atom stereocenters. The number of benzene rings is 2. The van der Waals surface area contributed by atoms with Crippen LogP contribution >= 0.6 is 11.3 Å². The second-order valence-electron chi connectivity index (χ2n) is 7.70. The zero-order chi connectivity index (χ0) is 23.3. The third-order valence-electron chi connectivity index (χ3n) is 5.62. The molecule has 0 spiro atoms. The van der Waals surface area contributed by atoms with Gasteiger partial charge in [0.2, 0.25) is 5.76 Å². The lowest BCUT2D eigenvalue weighted by atomic mass is 9.98. The van der Waals surface area contributed by atoms with Crippen molar-refractivity contribution < 1.29 is 18.3 Å². The molecule has 4 aromatic rings. The molecule has 0 saturated carbocycles. The van der Waals surface area contributed by atoms with E-state index < -0.39 is 23.2 Å². The molecule has 1 amide bonds. The molecule has 1 unspecified atom stereocenters. The summed E-state index contributed by atoms with van der Waals surface area (Å²) in [6.07, 6.45) is 1.64. The summed E-state index contributed by atoms with van der Waals surface area (Å²) in [6.45, 7) is 7.78. The van der Waals surface area contributed by atoms with E-state index in [9.17, 15) is 14.0 Å². The van der Waals surface area contributed by atoms with Crippen molar-refractivity contribution in [3.05, 3.63) is 98.6 Å². The van der Waals surface area contributed by atoms with Crippen molar-refractivity contribution in [3.63, 3.8) is 0 Å². The Kier molecular flexibility index (Phi) is 5.09. The first kappa shape index (κ1) is 21.1. The number of nitrogens with zero attached hydrogens (tertiary/aromatic N) is 2. The second kappa shape index (κ2) is 7.97. The number of aryl methyl sites for hydroxylation is 2.